The fourth-order valence-corrected chi connectivity index (χ4v) is 4.62. The zero-order valence-electron chi connectivity index (χ0n) is 17.0. The Morgan fingerprint density at radius 3 is 2.83 bits per heavy atom. The monoisotopic (exact) mass is 456 g/mol. The minimum absolute atomic E-state index is 0.00327. The van der Waals surface area contributed by atoms with Gasteiger partial charge in [-0.25, -0.2) is 4.98 Å². The van der Waals surface area contributed by atoms with Crippen LogP contribution < -0.4 is 5.56 Å². The van der Waals surface area contributed by atoms with E-state index in [0.29, 0.717) is 11.5 Å². The standard InChI is InChI=1S/C22H25BrN4O2/c1-14-9-17(13-25(3)22(14)29)21-24-19-10-18(23)6-7-20(19)27(21)12-16-5-4-8-26(11-16)15(2)28/h6-7,9-10,13,16H,4-5,8,11-12H2,1-3H3/t16-/m1/s1. The smallest absolute Gasteiger partial charge is 0.253 e. The van der Waals surface area contributed by atoms with Crippen LogP contribution in [0, 0.1) is 12.8 Å². The molecule has 6 nitrogen and oxygen atoms in total. The molecule has 0 unspecified atom stereocenters. The third kappa shape index (κ3) is 3.88. The number of carbonyl (C=O) groups excluding carboxylic acids is 1. The molecule has 0 N–H and O–H groups in total. The summed E-state index contributed by atoms with van der Waals surface area (Å²) in [5.74, 6) is 1.38. The Bertz CT molecular complexity index is 1120. The number of pyridine rings is 1. The number of amides is 1. The summed E-state index contributed by atoms with van der Waals surface area (Å²) < 4.78 is 4.84. The van der Waals surface area contributed by atoms with Gasteiger partial charge in [0.15, 0.2) is 0 Å². The molecule has 3 aromatic rings. The Kier molecular flexibility index (Phi) is 5.34. The van der Waals surface area contributed by atoms with Crippen molar-refractivity contribution < 1.29 is 4.79 Å². The van der Waals surface area contributed by atoms with Gasteiger partial charge in [-0.1, -0.05) is 15.9 Å². The largest absolute Gasteiger partial charge is 0.343 e. The molecule has 2 aromatic heterocycles. The number of likely N-dealkylation sites (tertiary alicyclic amines) is 1. The van der Waals surface area contributed by atoms with Crippen LogP contribution in [-0.2, 0) is 18.4 Å². The van der Waals surface area contributed by atoms with Gasteiger partial charge in [-0.3, -0.25) is 9.59 Å². The van der Waals surface area contributed by atoms with Crippen LogP contribution in [0.2, 0.25) is 0 Å². The molecule has 0 aliphatic carbocycles. The lowest BCUT2D eigenvalue weighted by atomic mass is 9.97. The predicted octanol–water partition coefficient (Wildman–Crippen LogP) is 3.73. The lowest BCUT2D eigenvalue weighted by Crippen LogP contribution is -2.39. The summed E-state index contributed by atoms with van der Waals surface area (Å²) in [7, 11) is 1.77. The number of carbonyl (C=O) groups is 1. The van der Waals surface area contributed by atoms with E-state index < -0.39 is 0 Å². The normalized spacial score (nSPS) is 17.1. The fraction of sp³-hybridized carbons (Fsp3) is 0.409. The van der Waals surface area contributed by atoms with Gasteiger partial charge in [0, 0.05) is 55.4 Å². The van der Waals surface area contributed by atoms with Crippen LogP contribution in [-0.4, -0.2) is 38.0 Å². The first-order valence-corrected chi connectivity index (χ1v) is 10.7. The fourth-order valence-electron chi connectivity index (χ4n) is 4.27. The molecule has 0 saturated carbocycles. The minimum Gasteiger partial charge on any atom is -0.343 e. The van der Waals surface area contributed by atoms with Crippen LogP contribution in [0.5, 0.6) is 0 Å². The highest BCUT2D eigenvalue weighted by molar-refractivity contribution is 9.10. The van der Waals surface area contributed by atoms with E-state index in [1.165, 1.54) is 0 Å². The summed E-state index contributed by atoms with van der Waals surface area (Å²) >= 11 is 3.54. The van der Waals surface area contributed by atoms with Crippen LogP contribution in [0.25, 0.3) is 22.4 Å². The number of halogens is 1. The van der Waals surface area contributed by atoms with Crippen molar-refractivity contribution in [1.29, 1.82) is 0 Å². The third-order valence-corrected chi connectivity index (χ3v) is 6.23. The van der Waals surface area contributed by atoms with Crippen molar-refractivity contribution in [2.24, 2.45) is 13.0 Å². The highest BCUT2D eigenvalue weighted by atomic mass is 79.9. The number of hydrogen-bond acceptors (Lipinski definition) is 3. The lowest BCUT2D eigenvalue weighted by molar-refractivity contribution is -0.130. The van der Waals surface area contributed by atoms with E-state index in [-0.39, 0.29) is 11.5 Å². The summed E-state index contributed by atoms with van der Waals surface area (Å²) in [5, 5.41) is 0. The van der Waals surface area contributed by atoms with Crippen molar-refractivity contribution in [3.63, 3.8) is 0 Å². The molecule has 1 aliphatic heterocycles. The van der Waals surface area contributed by atoms with Gasteiger partial charge in [-0.2, -0.15) is 0 Å². The summed E-state index contributed by atoms with van der Waals surface area (Å²) in [6, 6.07) is 8.04. The maximum atomic E-state index is 12.2. The molecular weight excluding hydrogens is 432 g/mol. The van der Waals surface area contributed by atoms with E-state index >= 15 is 0 Å². The summed E-state index contributed by atoms with van der Waals surface area (Å²) in [4.78, 5) is 30.9. The molecule has 1 atom stereocenters. The van der Waals surface area contributed by atoms with E-state index in [9.17, 15) is 9.59 Å². The molecule has 1 amide bonds. The number of benzene rings is 1. The Morgan fingerprint density at radius 2 is 2.10 bits per heavy atom. The lowest BCUT2D eigenvalue weighted by Gasteiger charge is -2.32. The predicted molar refractivity (Wildman–Crippen MR) is 118 cm³/mol. The molecule has 3 heterocycles. The van der Waals surface area contributed by atoms with Crippen LogP contribution in [0.4, 0.5) is 0 Å². The molecule has 0 bridgehead atoms. The summed E-state index contributed by atoms with van der Waals surface area (Å²) in [5.41, 5.74) is 3.61. The maximum Gasteiger partial charge on any atom is 0.253 e. The molecule has 1 saturated heterocycles. The second kappa shape index (κ2) is 7.78. The van der Waals surface area contributed by atoms with E-state index in [2.05, 4.69) is 26.6 Å². The van der Waals surface area contributed by atoms with Gasteiger partial charge in [0.2, 0.25) is 5.91 Å². The topological polar surface area (TPSA) is 60.1 Å². The molecule has 1 aliphatic rings. The van der Waals surface area contributed by atoms with Gasteiger partial charge < -0.3 is 14.0 Å². The second-order valence-electron chi connectivity index (χ2n) is 7.98. The zero-order valence-corrected chi connectivity index (χ0v) is 18.6. The highest BCUT2D eigenvalue weighted by Gasteiger charge is 2.24. The Balaban J connectivity index is 1.80. The number of hydrogen-bond donors (Lipinski definition) is 0. The molecule has 4 rings (SSSR count). The first-order valence-electron chi connectivity index (χ1n) is 9.92. The average molecular weight is 457 g/mol. The number of rotatable bonds is 3. The summed E-state index contributed by atoms with van der Waals surface area (Å²) in [6.45, 7) is 5.89. The van der Waals surface area contributed by atoms with E-state index in [4.69, 9.17) is 4.98 Å². The van der Waals surface area contributed by atoms with Gasteiger partial charge >= 0.3 is 0 Å². The Morgan fingerprint density at radius 1 is 1.31 bits per heavy atom. The first kappa shape index (κ1) is 19.9. The van der Waals surface area contributed by atoms with Crippen LogP contribution in [0.1, 0.15) is 25.3 Å². The molecule has 0 radical (unpaired) electrons. The number of imidazole rings is 1. The van der Waals surface area contributed by atoms with E-state index in [0.717, 1.165) is 59.4 Å². The van der Waals surface area contributed by atoms with Gasteiger partial charge in [-0.05, 0) is 49.9 Å². The molecule has 29 heavy (non-hydrogen) atoms. The molecular formula is C22H25BrN4O2. The van der Waals surface area contributed by atoms with Crippen molar-refractivity contribution in [3.05, 3.63) is 50.9 Å². The average Bonchev–Trinajstić information content (AvgIpc) is 3.03. The molecule has 1 fully saturated rings. The van der Waals surface area contributed by atoms with Gasteiger partial charge in [-0.15, -0.1) is 0 Å². The Labute approximate surface area is 178 Å². The first-order chi connectivity index (χ1) is 13.8. The molecule has 7 heteroatoms. The zero-order chi connectivity index (χ0) is 20.7. The van der Waals surface area contributed by atoms with E-state index in [1.54, 1.807) is 18.5 Å². The van der Waals surface area contributed by atoms with Gasteiger partial charge in [0.1, 0.15) is 5.82 Å². The second-order valence-corrected chi connectivity index (χ2v) is 8.90. The van der Waals surface area contributed by atoms with Crippen LogP contribution in [0.3, 0.4) is 0 Å². The molecule has 152 valence electrons. The van der Waals surface area contributed by atoms with Crippen molar-refractivity contribution in [2.45, 2.75) is 33.2 Å². The van der Waals surface area contributed by atoms with Gasteiger partial charge in [0.25, 0.3) is 5.56 Å². The van der Waals surface area contributed by atoms with Crippen molar-refractivity contribution in [1.82, 2.24) is 19.0 Å². The van der Waals surface area contributed by atoms with Crippen molar-refractivity contribution in [2.75, 3.05) is 13.1 Å². The quantitative estimate of drug-likeness (QED) is 0.602. The number of fused-ring (bicyclic) bond motifs is 1. The SMILES string of the molecule is CC(=O)N1CCC[C@@H](Cn2c(-c3cc(C)c(=O)n(C)c3)nc3cc(Br)ccc32)C1. The third-order valence-electron chi connectivity index (χ3n) is 5.74. The van der Waals surface area contributed by atoms with Crippen LogP contribution in [0.15, 0.2) is 39.7 Å². The number of nitrogens with zero attached hydrogens (tertiary/aromatic N) is 4. The van der Waals surface area contributed by atoms with Crippen molar-refractivity contribution >= 4 is 32.9 Å². The van der Waals surface area contributed by atoms with E-state index in [1.807, 2.05) is 36.2 Å². The highest BCUT2D eigenvalue weighted by Crippen LogP contribution is 2.29. The molecule has 1 aromatic carbocycles. The Hall–Kier alpha value is -2.41. The maximum absolute atomic E-state index is 12.2. The van der Waals surface area contributed by atoms with Gasteiger partial charge in [0.05, 0.1) is 11.0 Å². The number of aryl methyl sites for hydroxylation is 2. The number of piperidine rings is 1. The molecule has 0 spiro atoms. The number of aromatic nitrogens is 3. The van der Waals surface area contributed by atoms with Crippen LogP contribution >= 0.6 is 15.9 Å². The van der Waals surface area contributed by atoms with Crippen molar-refractivity contribution in [3.8, 4) is 11.4 Å². The summed E-state index contributed by atoms with van der Waals surface area (Å²) in [6.07, 6.45) is 3.97. The minimum atomic E-state index is 0.00327.